The van der Waals surface area contributed by atoms with E-state index >= 15 is 0 Å². The fraction of sp³-hybridized carbons (Fsp3) is 0.286. The van der Waals surface area contributed by atoms with E-state index in [0.29, 0.717) is 11.3 Å². The number of nitrogens with one attached hydrogen (secondary N) is 2. The van der Waals surface area contributed by atoms with Crippen molar-refractivity contribution in [2.75, 3.05) is 18.9 Å². The second-order valence-electron chi connectivity index (χ2n) is 4.30. The first-order valence-corrected chi connectivity index (χ1v) is 5.95. The highest BCUT2D eigenvalue weighted by molar-refractivity contribution is 6.52. The van der Waals surface area contributed by atoms with E-state index in [1.165, 1.54) is 0 Å². The molecule has 0 radical (unpaired) electrons. The third-order valence-corrected chi connectivity index (χ3v) is 2.99. The van der Waals surface area contributed by atoms with Crippen LogP contribution >= 0.6 is 0 Å². The van der Waals surface area contributed by atoms with E-state index in [1.54, 1.807) is 6.07 Å². The Kier molecular flexibility index (Phi) is 3.58. The molecule has 4 nitrogen and oxygen atoms in total. The lowest BCUT2D eigenvalue weighted by molar-refractivity contribution is -0.112. The Morgan fingerprint density at radius 1 is 1.33 bits per heavy atom. The molecule has 0 saturated heterocycles. The topological polar surface area (TPSA) is 58.2 Å². The first kappa shape index (κ1) is 12.5. The molecule has 0 fully saturated rings. The number of rotatable bonds is 4. The second kappa shape index (κ2) is 5.14. The Morgan fingerprint density at radius 2 is 2.11 bits per heavy atom. The third-order valence-electron chi connectivity index (χ3n) is 2.99. The van der Waals surface area contributed by atoms with Crippen molar-refractivity contribution in [2.45, 2.75) is 13.3 Å². The summed E-state index contributed by atoms with van der Waals surface area (Å²) in [4.78, 5) is 23.2. The predicted molar refractivity (Wildman–Crippen MR) is 71.7 cm³/mol. The molecule has 0 bridgehead atoms. The van der Waals surface area contributed by atoms with Gasteiger partial charge in [-0.05, 0) is 44.1 Å². The number of benzene rings is 1. The van der Waals surface area contributed by atoms with Crippen LogP contribution < -0.4 is 10.6 Å². The molecule has 1 aliphatic rings. The summed E-state index contributed by atoms with van der Waals surface area (Å²) >= 11 is 0. The fourth-order valence-electron chi connectivity index (χ4n) is 2.01. The van der Waals surface area contributed by atoms with Gasteiger partial charge in [0.15, 0.2) is 0 Å². The molecular weight excluding hydrogens is 228 g/mol. The molecule has 2 N–H and O–H groups in total. The van der Waals surface area contributed by atoms with Crippen molar-refractivity contribution in [2.24, 2.45) is 0 Å². The van der Waals surface area contributed by atoms with Gasteiger partial charge in [0.05, 0.1) is 11.3 Å². The number of amides is 1. The molecule has 0 unspecified atom stereocenters. The molecule has 0 saturated carbocycles. The largest absolute Gasteiger partial charge is 0.319 e. The number of fused-ring (bicyclic) bond motifs is 1. The van der Waals surface area contributed by atoms with Crippen molar-refractivity contribution in [1.82, 2.24) is 5.32 Å². The Bertz CT molecular complexity index is 533. The molecule has 94 valence electrons. The zero-order valence-corrected chi connectivity index (χ0v) is 10.5. The average molecular weight is 244 g/mol. The molecule has 0 aliphatic carbocycles. The summed E-state index contributed by atoms with van der Waals surface area (Å²) < 4.78 is 0. The summed E-state index contributed by atoms with van der Waals surface area (Å²) in [5.74, 6) is -0.984. The second-order valence-corrected chi connectivity index (χ2v) is 4.30. The molecule has 0 aromatic heterocycles. The summed E-state index contributed by atoms with van der Waals surface area (Å²) in [5.41, 5.74) is 2.95. The summed E-state index contributed by atoms with van der Waals surface area (Å²) in [6.45, 7) is 2.82. The maximum absolute atomic E-state index is 11.8. The molecule has 2 rings (SSSR count). The Hall–Kier alpha value is -1.94. The lowest BCUT2D eigenvalue weighted by Crippen LogP contribution is -2.13. The number of carbonyl (C=O) groups excluding carboxylic acids is 2. The fourth-order valence-corrected chi connectivity index (χ4v) is 2.01. The van der Waals surface area contributed by atoms with Crippen LogP contribution in [0.15, 0.2) is 18.2 Å². The Balaban J connectivity index is 2.36. The van der Waals surface area contributed by atoms with Crippen LogP contribution in [0.1, 0.15) is 27.9 Å². The maximum atomic E-state index is 11.8. The van der Waals surface area contributed by atoms with Crippen molar-refractivity contribution < 1.29 is 9.59 Å². The first-order valence-electron chi connectivity index (χ1n) is 5.95. The van der Waals surface area contributed by atoms with Gasteiger partial charge >= 0.3 is 0 Å². The minimum absolute atomic E-state index is 0.443. The van der Waals surface area contributed by atoms with Crippen molar-refractivity contribution in [3.63, 3.8) is 0 Å². The van der Waals surface area contributed by atoms with Gasteiger partial charge in [0.1, 0.15) is 0 Å². The van der Waals surface area contributed by atoms with Crippen LogP contribution in [0.4, 0.5) is 5.69 Å². The van der Waals surface area contributed by atoms with Gasteiger partial charge in [0.2, 0.25) is 0 Å². The molecule has 18 heavy (non-hydrogen) atoms. The van der Waals surface area contributed by atoms with Crippen LogP contribution in [0, 0.1) is 6.92 Å². The molecule has 1 aromatic rings. The molecule has 1 heterocycles. The molecule has 4 heteroatoms. The van der Waals surface area contributed by atoms with Crippen molar-refractivity contribution in [3.8, 4) is 0 Å². The monoisotopic (exact) mass is 244 g/mol. The highest BCUT2D eigenvalue weighted by atomic mass is 16.2. The quantitative estimate of drug-likeness (QED) is 0.626. The Morgan fingerprint density at radius 3 is 2.83 bits per heavy atom. The van der Waals surface area contributed by atoms with Gasteiger partial charge in [-0.3, -0.25) is 9.59 Å². The van der Waals surface area contributed by atoms with Crippen molar-refractivity contribution in [3.05, 3.63) is 34.9 Å². The lowest BCUT2D eigenvalue weighted by Gasteiger charge is -2.05. The number of anilines is 1. The van der Waals surface area contributed by atoms with E-state index in [9.17, 15) is 9.59 Å². The van der Waals surface area contributed by atoms with Gasteiger partial charge < -0.3 is 10.6 Å². The van der Waals surface area contributed by atoms with Crippen LogP contribution in [0.2, 0.25) is 0 Å². The average Bonchev–Trinajstić information content (AvgIpc) is 2.64. The van der Waals surface area contributed by atoms with Crippen molar-refractivity contribution in [1.29, 1.82) is 0 Å². The van der Waals surface area contributed by atoms with Crippen LogP contribution in [-0.2, 0) is 4.79 Å². The van der Waals surface area contributed by atoms with Crippen LogP contribution in [0.5, 0.6) is 0 Å². The SMILES string of the molecule is CNCCC=Cc1c(C)ccc2c1C(=O)C(=O)N2. The summed E-state index contributed by atoms with van der Waals surface area (Å²) in [5, 5.41) is 5.63. The van der Waals surface area contributed by atoms with Gasteiger partial charge in [-0.25, -0.2) is 0 Å². The number of carbonyl (C=O) groups is 2. The van der Waals surface area contributed by atoms with Gasteiger partial charge in [-0.2, -0.15) is 0 Å². The molecule has 1 amide bonds. The minimum Gasteiger partial charge on any atom is -0.319 e. The number of hydrogen-bond acceptors (Lipinski definition) is 3. The van der Waals surface area contributed by atoms with E-state index in [-0.39, 0.29) is 0 Å². The normalized spacial score (nSPS) is 14.1. The van der Waals surface area contributed by atoms with Gasteiger partial charge in [-0.15, -0.1) is 0 Å². The zero-order chi connectivity index (χ0) is 13.1. The molecule has 0 atom stereocenters. The number of aryl methyl sites for hydroxylation is 1. The third kappa shape index (κ3) is 2.19. The molecule has 1 aromatic carbocycles. The summed E-state index contributed by atoms with van der Waals surface area (Å²) in [6.07, 6.45) is 4.81. The van der Waals surface area contributed by atoms with Crippen molar-refractivity contribution >= 4 is 23.5 Å². The van der Waals surface area contributed by atoms with Gasteiger partial charge in [0.25, 0.3) is 11.7 Å². The molecule has 1 aliphatic heterocycles. The summed E-state index contributed by atoms with van der Waals surface area (Å²) in [6, 6.07) is 3.69. The number of ketones is 1. The van der Waals surface area contributed by atoms with Crippen LogP contribution in [0.25, 0.3) is 6.08 Å². The van der Waals surface area contributed by atoms with Gasteiger partial charge in [-0.1, -0.05) is 18.2 Å². The number of hydrogen-bond donors (Lipinski definition) is 2. The molecule has 0 spiro atoms. The van der Waals surface area contributed by atoms with E-state index in [4.69, 9.17) is 0 Å². The smallest absolute Gasteiger partial charge is 0.296 e. The summed E-state index contributed by atoms with van der Waals surface area (Å²) in [7, 11) is 1.89. The van der Waals surface area contributed by atoms with E-state index < -0.39 is 11.7 Å². The van der Waals surface area contributed by atoms with E-state index in [0.717, 1.165) is 24.1 Å². The van der Waals surface area contributed by atoms with Gasteiger partial charge in [0, 0.05) is 0 Å². The Labute approximate surface area is 106 Å². The first-order chi connectivity index (χ1) is 8.65. The maximum Gasteiger partial charge on any atom is 0.296 e. The highest BCUT2D eigenvalue weighted by Gasteiger charge is 2.30. The number of Topliss-reactive ketones (excluding diaryl/α,β-unsaturated/α-hetero) is 1. The standard InChI is InChI=1S/C14H16N2O2/c1-9-6-7-11-12(13(17)14(18)16-11)10(9)5-3-4-8-15-2/h3,5-7,15H,4,8H2,1-2H3,(H,16,17,18). The highest BCUT2D eigenvalue weighted by Crippen LogP contribution is 2.29. The minimum atomic E-state index is -0.541. The van der Waals surface area contributed by atoms with E-state index in [1.807, 2.05) is 32.2 Å². The lowest BCUT2D eigenvalue weighted by atomic mass is 9.98. The predicted octanol–water partition coefficient (Wildman–Crippen LogP) is 1.75. The van der Waals surface area contributed by atoms with Crippen LogP contribution in [0.3, 0.4) is 0 Å². The molecular formula is C14H16N2O2. The van der Waals surface area contributed by atoms with E-state index in [2.05, 4.69) is 10.6 Å². The zero-order valence-electron chi connectivity index (χ0n) is 10.5. The van der Waals surface area contributed by atoms with Crippen LogP contribution in [-0.4, -0.2) is 25.3 Å².